The van der Waals surface area contributed by atoms with Gasteiger partial charge in [0.2, 0.25) is 0 Å². The van der Waals surface area contributed by atoms with E-state index in [9.17, 15) is 5.26 Å². The van der Waals surface area contributed by atoms with E-state index in [0.717, 1.165) is 66.8 Å². The molecule has 0 fully saturated rings. The topological polar surface area (TPSA) is 101 Å². The largest absolute Gasteiger partial charge is 0.208 e. The Morgan fingerprint density at radius 3 is 1.08 bits per heavy atom. The molecule has 62 heavy (non-hydrogen) atoms. The maximum absolute atomic E-state index is 10.1. The molecule has 0 saturated heterocycles. The van der Waals surface area contributed by atoms with Crippen LogP contribution in [0.5, 0.6) is 0 Å². The number of nitriles is 1. The van der Waals surface area contributed by atoms with Crippen LogP contribution >= 0.6 is 0 Å². The van der Waals surface area contributed by atoms with Gasteiger partial charge < -0.3 is 0 Å². The van der Waals surface area contributed by atoms with Crippen LogP contribution in [0.3, 0.4) is 0 Å². The Kier molecular flexibility index (Phi) is 10.2. The molecule has 0 aliphatic carbocycles. The monoisotopic (exact) mass is 793 g/mol. The minimum absolute atomic E-state index is 0.526. The molecule has 0 bridgehead atoms. The number of rotatable bonds is 9. The second-order valence-corrected chi connectivity index (χ2v) is 14.7. The van der Waals surface area contributed by atoms with E-state index >= 15 is 0 Å². The second-order valence-electron chi connectivity index (χ2n) is 14.7. The highest BCUT2D eigenvalue weighted by Crippen LogP contribution is 2.42. The molecular formula is C55H35N7. The molecule has 2 aromatic heterocycles. The molecule has 0 unspecified atom stereocenters. The van der Waals surface area contributed by atoms with Crippen LogP contribution in [0.2, 0.25) is 0 Å². The van der Waals surface area contributed by atoms with Crippen LogP contribution in [-0.2, 0) is 0 Å². The molecule has 0 atom stereocenters. The first kappa shape index (κ1) is 37.5. The van der Waals surface area contributed by atoms with Crippen LogP contribution in [0.15, 0.2) is 212 Å². The predicted octanol–water partition coefficient (Wildman–Crippen LogP) is 12.9. The van der Waals surface area contributed by atoms with Crippen LogP contribution < -0.4 is 0 Å². The predicted molar refractivity (Wildman–Crippen MR) is 247 cm³/mol. The van der Waals surface area contributed by atoms with E-state index in [0.29, 0.717) is 40.5 Å². The van der Waals surface area contributed by atoms with Crippen molar-refractivity contribution in [2.24, 2.45) is 0 Å². The van der Waals surface area contributed by atoms with Crippen molar-refractivity contribution < 1.29 is 0 Å². The number of benzene rings is 8. The van der Waals surface area contributed by atoms with E-state index in [4.69, 9.17) is 29.9 Å². The molecule has 2 heterocycles. The SMILES string of the molecule is N#Cc1cccc(-c2cc(-c3nc(-c4ccccc4)nc(-c4ccccc4)n3)ccc2-c2cc(-c3ccccc3)ccc2-c2nc(-c3ccccc3)nc(-c3ccccc3)n2)c1. The normalized spacial score (nSPS) is 10.9. The minimum Gasteiger partial charge on any atom is -0.208 e. The highest BCUT2D eigenvalue weighted by atomic mass is 15.0. The molecule has 0 amide bonds. The number of hydrogen-bond acceptors (Lipinski definition) is 7. The van der Waals surface area contributed by atoms with Crippen LogP contribution in [0, 0.1) is 11.3 Å². The molecule has 0 aliphatic rings. The Hall–Kier alpha value is -8.73. The van der Waals surface area contributed by atoms with Crippen molar-refractivity contribution in [1.82, 2.24) is 29.9 Å². The summed E-state index contributed by atoms with van der Waals surface area (Å²) in [5.74, 6) is 3.35. The van der Waals surface area contributed by atoms with E-state index in [-0.39, 0.29) is 0 Å². The Bertz CT molecular complexity index is 3110. The number of nitrogens with zero attached hydrogens (tertiary/aromatic N) is 7. The van der Waals surface area contributed by atoms with E-state index in [1.54, 1.807) is 0 Å². The smallest absolute Gasteiger partial charge is 0.164 e. The van der Waals surface area contributed by atoms with Crippen molar-refractivity contribution >= 4 is 0 Å². The van der Waals surface area contributed by atoms with E-state index in [2.05, 4.69) is 54.6 Å². The first-order valence-corrected chi connectivity index (χ1v) is 20.3. The lowest BCUT2D eigenvalue weighted by Crippen LogP contribution is -2.02. The lowest BCUT2D eigenvalue weighted by molar-refractivity contribution is 1.07. The zero-order chi connectivity index (χ0) is 41.7. The van der Waals surface area contributed by atoms with Crippen molar-refractivity contribution in [3.63, 3.8) is 0 Å². The molecule has 0 radical (unpaired) electrons. The summed E-state index contributed by atoms with van der Waals surface area (Å²) in [7, 11) is 0. The maximum atomic E-state index is 10.1. The number of aromatic nitrogens is 6. The molecule has 0 spiro atoms. The van der Waals surface area contributed by atoms with E-state index < -0.39 is 0 Å². The highest BCUT2D eigenvalue weighted by Gasteiger charge is 2.21. The fourth-order valence-electron chi connectivity index (χ4n) is 7.55. The van der Waals surface area contributed by atoms with Gasteiger partial charge in [-0.15, -0.1) is 0 Å². The Labute approximate surface area is 359 Å². The molecule has 0 saturated carbocycles. The fourth-order valence-corrected chi connectivity index (χ4v) is 7.55. The van der Waals surface area contributed by atoms with Crippen molar-refractivity contribution in [3.8, 4) is 108 Å². The molecule has 0 aliphatic heterocycles. The van der Waals surface area contributed by atoms with Gasteiger partial charge in [-0.2, -0.15) is 5.26 Å². The summed E-state index contributed by atoms with van der Waals surface area (Å²) in [5, 5.41) is 10.1. The van der Waals surface area contributed by atoms with Crippen LogP contribution in [0.4, 0.5) is 0 Å². The summed E-state index contributed by atoms with van der Waals surface area (Å²) >= 11 is 0. The van der Waals surface area contributed by atoms with Crippen molar-refractivity contribution in [1.29, 1.82) is 5.26 Å². The van der Waals surface area contributed by atoms with Crippen molar-refractivity contribution in [3.05, 3.63) is 218 Å². The lowest BCUT2D eigenvalue weighted by atomic mass is 9.87. The molecule has 7 nitrogen and oxygen atoms in total. The van der Waals surface area contributed by atoms with Crippen molar-refractivity contribution in [2.45, 2.75) is 0 Å². The maximum Gasteiger partial charge on any atom is 0.164 e. The summed E-state index contributed by atoms with van der Waals surface area (Å²) in [5.41, 5.74) is 11.4. The van der Waals surface area contributed by atoms with E-state index in [1.807, 2.05) is 164 Å². The second kappa shape index (κ2) is 16.9. The Balaban J connectivity index is 1.23. The highest BCUT2D eigenvalue weighted by molar-refractivity contribution is 5.94. The van der Waals surface area contributed by atoms with Gasteiger partial charge in [-0.3, -0.25) is 0 Å². The minimum atomic E-state index is 0.526. The molecule has 290 valence electrons. The Morgan fingerprint density at radius 1 is 0.242 bits per heavy atom. The molecule has 10 aromatic rings. The van der Waals surface area contributed by atoms with Crippen LogP contribution in [0.1, 0.15) is 5.56 Å². The van der Waals surface area contributed by atoms with Gasteiger partial charge in [0.1, 0.15) is 0 Å². The summed E-state index contributed by atoms with van der Waals surface area (Å²) in [4.78, 5) is 30.4. The standard InChI is InChI=1S/C55H35N7/c56-36-37-17-16-28-44(33-37)48-35-45(54-59-50(39-20-8-2-9-21-39)57-51(60-54)40-22-10-3-11-23-40)30-31-46(48)49-34-43(38-18-6-1-7-19-38)29-32-47(49)55-61-52(41-24-12-4-13-25-41)58-53(62-55)42-26-14-5-15-27-42/h1-35H. The average Bonchev–Trinajstić information content (AvgIpc) is 3.37. The summed E-state index contributed by atoms with van der Waals surface area (Å²) in [6, 6.07) is 73.0. The summed E-state index contributed by atoms with van der Waals surface area (Å²) in [6.45, 7) is 0. The fraction of sp³-hybridized carbons (Fsp3) is 0. The molecule has 7 heteroatoms. The summed E-state index contributed by atoms with van der Waals surface area (Å²) < 4.78 is 0. The van der Waals surface area contributed by atoms with Gasteiger partial charge in [0.15, 0.2) is 34.9 Å². The van der Waals surface area contributed by atoms with Gasteiger partial charge in [0.05, 0.1) is 11.6 Å². The molecule has 8 aromatic carbocycles. The molecule has 10 rings (SSSR count). The zero-order valence-corrected chi connectivity index (χ0v) is 33.3. The third-order valence-electron chi connectivity index (χ3n) is 10.6. The van der Waals surface area contributed by atoms with Crippen LogP contribution in [-0.4, -0.2) is 29.9 Å². The lowest BCUT2D eigenvalue weighted by Gasteiger charge is -2.18. The van der Waals surface area contributed by atoms with Gasteiger partial charge in [0, 0.05) is 33.4 Å². The van der Waals surface area contributed by atoms with Gasteiger partial charge in [0.25, 0.3) is 0 Å². The number of hydrogen-bond donors (Lipinski definition) is 0. The van der Waals surface area contributed by atoms with E-state index in [1.165, 1.54) is 0 Å². The van der Waals surface area contributed by atoms with Gasteiger partial charge in [-0.25, -0.2) is 29.9 Å². The Morgan fingerprint density at radius 2 is 0.613 bits per heavy atom. The van der Waals surface area contributed by atoms with Crippen LogP contribution in [0.25, 0.3) is 102 Å². The summed E-state index contributed by atoms with van der Waals surface area (Å²) in [6.07, 6.45) is 0. The third-order valence-corrected chi connectivity index (χ3v) is 10.6. The molecular weight excluding hydrogens is 759 g/mol. The first-order chi connectivity index (χ1) is 30.7. The molecule has 0 N–H and O–H groups in total. The third kappa shape index (κ3) is 7.75. The zero-order valence-electron chi connectivity index (χ0n) is 33.3. The average molecular weight is 794 g/mol. The van der Waals surface area contributed by atoms with Gasteiger partial charge in [-0.05, 0) is 63.7 Å². The first-order valence-electron chi connectivity index (χ1n) is 20.3. The quantitative estimate of drug-likeness (QED) is 0.143. The van der Waals surface area contributed by atoms with Crippen molar-refractivity contribution in [2.75, 3.05) is 0 Å². The van der Waals surface area contributed by atoms with Gasteiger partial charge >= 0.3 is 0 Å². The van der Waals surface area contributed by atoms with Gasteiger partial charge in [-0.1, -0.05) is 182 Å².